The molecule has 8 heteroatoms. The van der Waals surface area contributed by atoms with Crippen LogP contribution in [0.3, 0.4) is 0 Å². The van der Waals surface area contributed by atoms with Crippen molar-refractivity contribution in [3.05, 3.63) is 0 Å². The molecule has 0 saturated carbocycles. The molecular formula is C23H40O8. The minimum atomic E-state index is -2.83. The van der Waals surface area contributed by atoms with Crippen molar-refractivity contribution in [2.75, 3.05) is 0 Å². The molecule has 0 aliphatic rings. The summed E-state index contributed by atoms with van der Waals surface area (Å²) >= 11 is 0. The maximum Gasteiger partial charge on any atom is 0.337 e. The Morgan fingerprint density at radius 3 is 1.74 bits per heavy atom. The van der Waals surface area contributed by atoms with E-state index in [1.165, 1.54) is 25.7 Å². The van der Waals surface area contributed by atoms with Crippen molar-refractivity contribution >= 4 is 23.9 Å². The van der Waals surface area contributed by atoms with E-state index in [2.05, 4.69) is 6.92 Å². The standard InChI is InChI=1S/C23H40O8/c1-3-5-7-8-9-10-11-12-14-15-18(23(30,22(28)29)17-19(24)25)21(27)31-20(26)16-13-6-4-2/h18,30H,3-17H2,1-2H3,(H,24,25)(H,28,29). The van der Waals surface area contributed by atoms with Gasteiger partial charge in [0, 0.05) is 6.42 Å². The number of ether oxygens (including phenoxy) is 1. The maximum absolute atomic E-state index is 12.5. The third-order valence-electron chi connectivity index (χ3n) is 5.45. The Labute approximate surface area is 185 Å². The highest BCUT2D eigenvalue weighted by Gasteiger charge is 2.50. The van der Waals surface area contributed by atoms with Gasteiger partial charge in [-0.15, -0.1) is 0 Å². The second-order valence-electron chi connectivity index (χ2n) is 8.22. The van der Waals surface area contributed by atoms with Gasteiger partial charge in [0.05, 0.1) is 12.3 Å². The predicted octanol–water partition coefficient (Wildman–Crippen LogP) is 4.46. The smallest absolute Gasteiger partial charge is 0.337 e. The average Bonchev–Trinajstić information content (AvgIpc) is 2.68. The number of esters is 2. The summed E-state index contributed by atoms with van der Waals surface area (Å²) in [6.45, 7) is 4.11. The lowest BCUT2D eigenvalue weighted by molar-refractivity contribution is -0.184. The lowest BCUT2D eigenvalue weighted by Gasteiger charge is -2.29. The van der Waals surface area contributed by atoms with Crippen molar-refractivity contribution in [3.63, 3.8) is 0 Å². The van der Waals surface area contributed by atoms with Gasteiger partial charge in [0.25, 0.3) is 0 Å². The third kappa shape index (κ3) is 12.5. The molecule has 3 N–H and O–H groups in total. The minimum Gasteiger partial charge on any atom is -0.481 e. The molecule has 0 fully saturated rings. The summed E-state index contributed by atoms with van der Waals surface area (Å²) in [5.41, 5.74) is -2.83. The lowest BCUT2D eigenvalue weighted by atomic mass is 9.81. The summed E-state index contributed by atoms with van der Waals surface area (Å²) in [7, 11) is 0. The zero-order valence-corrected chi connectivity index (χ0v) is 19.1. The topological polar surface area (TPSA) is 138 Å². The van der Waals surface area contributed by atoms with Crippen molar-refractivity contribution in [2.45, 2.75) is 116 Å². The van der Waals surface area contributed by atoms with Crippen molar-refractivity contribution in [2.24, 2.45) is 5.92 Å². The summed E-state index contributed by atoms with van der Waals surface area (Å²) in [5, 5.41) is 29.0. The zero-order chi connectivity index (χ0) is 23.7. The van der Waals surface area contributed by atoms with E-state index in [4.69, 9.17) is 9.84 Å². The number of unbranched alkanes of at least 4 members (excludes halogenated alkanes) is 10. The van der Waals surface area contributed by atoms with Gasteiger partial charge >= 0.3 is 23.9 Å². The van der Waals surface area contributed by atoms with E-state index < -0.39 is 41.8 Å². The van der Waals surface area contributed by atoms with Crippen LogP contribution in [0.4, 0.5) is 0 Å². The summed E-state index contributed by atoms with van der Waals surface area (Å²) in [5.74, 6) is -6.96. The molecule has 180 valence electrons. The van der Waals surface area contributed by atoms with Crippen LogP contribution in [0.25, 0.3) is 0 Å². The van der Waals surface area contributed by atoms with Crippen LogP contribution in [0, 0.1) is 5.92 Å². The van der Waals surface area contributed by atoms with E-state index in [1.807, 2.05) is 6.92 Å². The van der Waals surface area contributed by atoms with Crippen LogP contribution in [0.5, 0.6) is 0 Å². The predicted molar refractivity (Wildman–Crippen MR) is 115 cm³/mol. The quantitative estimate of drug-likeness (QED) is 0.151. The SMILES string of the molecule is CCCCCCCCCCCC(C(=O)OC(=O)CCCCC)C(O)(CC(=O)O)C(=O)O. The molecule has 0 aromatic rings. The number of carbonyl (C=O) groups is 4. The Kier molecular flexibility index (Phi) is 15.6. The minimum absolute atomic E-state index is 0.00869. The van der Waals surface area contributed by atoms with E-state index in [9.17, 15) is 29.4 Å². The van der Waals surface area contributed by atoms with E-state index in [0.717, 1.165) is 32.1 Å². The molecule has 0 aliphatic heterocycles. The van der Waals surface area contributed by atoms with Crippen molar-refractivity contribution in [1.29, 1.82) is 0 Å². The molecule has 0 spiro atoms. The number of rotatable bonds is 19. The Balaban J connectivity index is 4.91. The fraction of sp³-hybridized carbons (Fsp3) is 0.826. The Bertz CT molecular complexity index is 560. The first-order valence-electron chi connectivity index (χ1n) is 11.6. The number of carboxylic acids is 2. The fourth-order valence-electron chi connectivity index (χ4n) is 3.54. The first-order valence-corrected chi connectivity index (χ1v) is 11.6. The van der Waals surface area contributed by atoms with Gasteiger partial charge in [-0.25, -0.2) is 4.79 Å². The Morgan fingerprint density at radius 2 is 1.26 bits per heavy atom. The summed E-state index contributed by atoms with van der Waals surface area (Å²) in [4.78, 5) is 47.2. The third-order valence-corrected chi connectivity index (χ3v) is 5.45. The number of carbonyl (C=O) groups excluding carboxylic acids is 2. The Hall–Kier alpha value is -1.96. The summed E-state index contributed by atoms with van der Waals surface area (Å²) in [6.07, 6.45) is 9.92. The first kappa shape index (κ1) is 29.0. The molecule has 0 radical (unpaired) electrons. The number of aliphatic hydroxyl groups is 1. The van der Waals surface area contributed by atoms with E-state index >= 15 is 0 Å². The molecule has 0 heterocycles. The van der Waals surface area contributed by atoms with Gasteiger partial charge in [-0.05, 0) is 12.8 Å². The summed E-state index contributed by atoms with van der Waals surface area (Å²) < 4.78 is 4.78. The Morgan fingerprint density at radius 1 is 0.774 bits per heavy atom. The highest BCUT2D eigenvalue weighted by atomic mass is 16.6. The fourth-order valence-corrected chi connectivity index (χ4v) is 3.54. The molecule has 0 saturated heterocycles. The molecule has 8 nitrogen and oxygen atoms in total. The second kappa shape index (κ2) is 16.7. The molecule has 0 aromatic heterocycles. The molecule has 2 atom stereocenters. The van der Waals surface area contributed by atoms with E-state index in [0.29, 0.717) is 19.3 Å². The van der Waals surface area contributed by atoms with Crippen molar-refractivity contribution in [1.82, 2.24) is 0 Å². The van der Waals surface area contributed by atoms with Crippen LogP contribution in [0.15, 0.2) is 0 Å². The number of hydrogen-bond acceptors (Lipinski definition) is 6. The van der Waals surface area contributed by atoms with Gasteiger partial charge in [-0.2, -0.15) is 0 Å². The first-order chi connectivity index (χ1) is 14.7. The van der Waals surface area contributed by atoms with Crippen molar-refractivity contribution < 1.29 is 39.2 Å². The van der Waals surface area contributed by atoms with Crippen LogP contribution in [-0.2, 0) is 23.9 Å². The highest BCUT2D eigenvalue weighted by Crippen LogP contribution is 2.29. The molecule has 0 bridgehead atoms. The van der Waals surface area contributed by atoms with Gasteiger partial charge < -0.3 is 20.1 Å². The van der Waals surface area contributed by atoms with Gasteiger partial charge in [-0.3, -0.25) is 14.4 Å². The van der Waals surface area contributed by atoms with Crippen LogP contribution < -0.4 is 0 Å². The molecule has 31 heavy (non-hydrogen) atoms. The molecule has 0 rings (SSSR count). The number of aliphatic carboxylic acids is 2. The van der Waals surface area contributed by atoms with Crippen LogP contribution in [0.1, 0.15) is 110 Å². The number of hydrogen-bond donors (Lipinski definition) is 3. The van der Waals surface area contributed by atoms with E-state index in [-0.39, 0.29) is 12.8 Å². The average molecular weight is 445 g/mol. The van der Waals surface area contributed by atoms with E-state index in [1.54, 1.807) is 0 Å². The molecule has 0 aliphatic carbocycles. The van der Waals surface area contributed by atoms with Gasteiger partial charge in [0.15, 0.2) is 5.60 Å². The van der Waals surface area contributed by atoms with Gasteiger partial charge in [0.2, 0.25) is 0 Å². The molecular weight excluding hydrogens is 404 g/mol. The zero-order valence-electron chi connectivity index (χ0n) is 19.1. The van der Waals surface area contributed by atoms with Gasteiger partial charge in [-0.1, -0.05) is 84.5 Å². The largest absolute Gasteiger partial charge is 0.481 e. The monoisotopic (exact) mass is 444 g/mol. The molecule has 0 aromatic carbocycles. The summed E-state index contributed by atoms with van der Waals surface area (Å²) in [6, 6.07) is 0. The van der Waals surface area contributed by atoms with Crippen molar-refractivity contribution in [3.8, 4) is 0 Å². The van der Waals surface area contributed by atoms with Crippen LogP contribution in [-0.4, -0.2) is 44.8 Å². The maximum atomic E-state index is 12.5. The second-order valence-corrected chi connectivity index (χ2v) is 8.22. The van der Waals surface area contributed by atoms with Crippen LogP contribution >= 0.6 is 0 Å². The van der Waals surface area contributed by atoms with Crippen LogP contribution in [0.2, 0.25) is 0 Å². The van der Waals surface area contributed by atoms with Gasteiger partial charge in [0.1, 0.15) is 0 Å². The highest BCUT2D eigenvalue weighted by molar-refractivity contribution is 5.93. The lowest BCUT2D eigenvalue weighted by Crippen LogP contribution is -2.51. The molecule has 2 unspecified atom stereocenters. The normalized spacial score (nSPS) is 13.9. The number of carboxylic acid groups (broad SMARTS) is 2. The molecule has 0 amide bonds.